The lowest BCUT2D eigenvalue weighted by Gasteiger charge is -1.92. The number of esters is 4. The zero-order valence-corrected chi connectivity index (χ0v) is 9.86. The number of hydrogen-bond donors (Lipinski definition) is 0. The van der Waals surface area contributed by atoms with Gasteiger partial charge in [-0.1, -0.05) is 13.8 Å². The van der Waals surface area contributed by atoms with Crippen LogP contribution >= 0.6 is 0 Å². The summed E-state index contributed by atoms with van der Waals surface area (Å²) in [7, 11) is 0. The van der Waals surface area contributed by atoms with E-state index in [2.05, 4.69) is 9.47 Å². The highest BCUT2D eigenvalue weighted by molar-refractivity contribution is 5.84. The van der Waals surface area contributed by atoms with Crippen LogP contribution in [0.5, 0.6) is 0 Å². The SMILES string of the molecule is CCC(=O)OC(C)=O.CCC(=O)OC(C)=O. The van der Waals surface area contributed by atoms with Crippen LogP contribution in [0.4, 0.5) is 0 Å². The molecule has 0 aliphatic carbocycles. The second-order valence-electron chi connectivity index (χ2n) is 2.64. The van der Waals surface area contributed by atoms with Crippen LogP contribution in [0.3, 0.4) is 0 Å². The van der Waals surface area contributed by atoms with E-state index in [9.17, 15) is 19.2 Å². The molecule has 6 nitrogen and oxygen atoms in total. The Morgan fingerprint density at radius 3 is 1.06 bits per heavy atom. The smallest absolute Gasteiger partial charge is 0.313 e. The molecule has 0 rings (SSSR count). The van der Waals surface area contributed by atoms with E-state index in [1.807, 2.05) is 0 Å². The number of carbonyl (C=O) groups is 4. The first kappa shape index (κ1) is 16.7. The van der Waals surface area contributed by atoms with Gasteiger partial charge < -0.3 is 9.47 Å². The van der Waals surface area contributed by atoms with E-state index in [-0.39, 0.29) is 12.8 Å². The Labute approximate surface area is 93.9 Å². The van der Waals surface area contributed by atoms with Gasteiger partial charge in [-0.15, -0.1) is 0 Å². The molecule has 0 radical (unpaired) electrons. The van der Waals surface area contributed by atoms with Gasteiger partial charge in [-0.3, -0.25) is 19.2 Å². The lowest BCUT2D eigenvalue weighted by molar-refractivity contribution is -0.159. The fraction of sp³-hybridized carbons (Fsp3) is 0.600. The minimum Gasteiger partial charge on any atom is -0.393 e. The number of carbonyl (C=O) groups excluding carboxylic acids is 4. The minimum absolute atomic E-state index is 0.250. The molecule has 0 unspecified atom stereocenters. The number of ether oxygens (including phenoxy) is 2. The fourth-order valence-electron chi connectivity index (χ4n) is 0.465. The van der Waals surface area contributed by atoms with Gasteiger partial charge in [0.15, 0.2) is 0 Å². The summed E-state index contributed by atoms with van der Waals surface area (Å²) in [5.41, 5.74) is 0. The minimum atomic E-state index is -0.545. The van der Waals surface area contributed by atoms with Crippen molar-refractivity contribution in [2.75, 3.05) is 0 Å². The van der Waals surface area contributed by atoms with Crippen molar-refractivity contribution >= 4 is 23.9 Å². The van der Waals surface area contributed by atoms with Crippen molar-refractivity contribution in [3.8, 4) is 0 Å². The van der Waals surface area contributed by atoms with E-state index in [0.29, 0.717) is 0 Å². The monoisotopic (exact) mass is 232 g/mol. The zero-order valence-electron chi connectivity index (χ0n) is 9.86. The van der Waals surface area contributed by atoms with Gasteiger partial charge in [0, 0.05) is 26.7 Å². The third kappa shape index (κ3) is 14.8. The van der Waals surface area contributed by atoms with Crippen LogP contribution in [0.25, 0.3) is 0 Å². The van der Waals surface area contributed by atoms with E-state index in [1.165, 1.54) is 13.8 Å². The van der Waals surface area contributed by atoms with Crippen LogP contribution in [-0.4, -0.2) is 23.9 Å². The van der Waals surface area contributed by atoms with Gasteiger partial charge in [-0.05, 0) is 0 Å². The summed E-state index contributed by atoms with van der Waals surface area (Å²) in [5, 5.41) is 0. The standard InChI is InChI=1S/2C5H8O3/c2*1-3-5(7)8-4(2)6/h2*3H2,1-2H3. The van der Waals surface area contributed by atoms with Crippen molar-refractivity contribution in [1.82, 2.24) is 0 Å². The van der Waals surface area contributed by atoms with Gasteiger partial charge >= 0.3 is 23.9 Å². The fourth-order valence-corrected chi connectivity index (χ4v) is 0.465. The van der Waals surface area contributed by atoms with Crippen molar-refractivity contribution in [2.45, 2.75) is 40.5 Å². The molecule has 0 aliphatic rings. The van der Waals surface area contributed by atoms with E-state index in [1.54, 1.807) is 13.8 Å². The molecule has 0 aliphatic heterocycles. The number of rotatable bonds is 2. The van der Waals surface area contributed by atoms with Crippen LogP contribution in [0, 0.1) is 0 Å². The van der Waals surface area contributed by atoms with E-state index >= 15 is 0 Å². The van der Waals surface area contributed by atoms with E-state index in [4.69, 9.17) is 0 Å². The highest BCUT2D eigenvalue weighted by Gasteiger charge is 2.00. The molecule has 0 spiro atoms. The zero-order chi connectivity index (χ0) is 13.1. The highest BCUT2D eigenvalue weighted by Crippen LogP contribution is 1.83. The van der Waals surface area contributed by atoms with Crippen molar-refractivity contribution in [3.05, 3.63) is 0 Å². The maximum absolute atomic E-state index is 10.2. The quantitative estimate of drug-likeness (QED) is 0.520. The summed E-state index contributed by atoms with van der Waals surface area (Å²) < 4.78 is 8.24. The third-order valence-electron chi connectivity index (χ3n) is 1.09. The maximum Gasteiger partial charge on any atom is 0.313 e. The Hall–Kier alpha value is -1.72. The predicted octanol–water partition coefficient (Wildman–Crippen LogP) is 0.972. The van der Waals surface area contributed by atoms with Gasteiger partial charge in [0.05, 0.1) is 0 Å². The molecule has 0 aromatic rings. The highest BCUT2D eigenvalue weighted by atomic mass is 16.6. The molecule has 0 aromatic carbocycles. The molecule has 92 valence electrons. The lowest BCUT2D eigenvalue weighted by Crippen LogP contribution is -2.06. The summed E-state index contributed by atoms with van der Waals surface area (Å²) in [4.78, 5) is 40.3. The average Bonchev–Trinajstić information content (AvgIpc) is 2.16. The molecule has 0 saturated heterocycles. The average molecular weight is 232 g/mol. The van der Waals surface area contributed by atoms with Gasteiger partial charge in [-0.2, -0.15) is 0 Å². The van der Waals surface area contributed by atoms with E-state index in [0.717, 1.165) is 0 Å². The van der Waals surface area contributed by atoms with Crippen LogP contribution in [0.1, 0.15) is 40.5 Å². The third-order valence-corrected chi connectivity index (χ3v) is 1.09. The van der Waals surface area contributed by atoms with Crippen LogP contribution in [0.15, 0.2) is 0 Å². The van der Waals surface area contributed by atoms with Crippen LogP contribution in [0.2, 0.25) is 0 Å². The first-order valence-electron chi connectivity index (χ1n) is 4.75. The Morgan fingerprint density at radius 1 is 0.750 bits per heavy atom. The summed E-state index contributed by atoms with van der Waals surface area (Å²) in [5.74, 6) is -2.04. The molecule has 6 heteroatoms. The normalized spacial score (nSPS) is 8.25. The van der Waals surface area contributed by atoms with E-state index < -0.39 is 23.9 Å². The predicted molar refractivity (Wildman–Crippen MR) is 54.1 cm³/mol. The second-order valence-corrected chi connectivity index (χ2v) is 2.64. The maximum atomic E-state index is 10.2. The first-order valence-corrected chi connectivity index (χ1v) is 4.75. The van der Waals surface area contributed by atoms with Gasteiger partial charge in [0.25, 0.3) is 0 Å². The summed E-state index contributed by atoms with van der Waals surface area (Å²) >= 11 is 0. The van der Waals surface area contributed by atoms with Gasteiger partial charge in [-0.25, -0.2) is 0 Å². The molecule has 0 N–H and O–H groups in total. The van der Waals surface area contributed by atoms with Crippen molar-refractivity contribution < 1.29 is 28.7 Å². The Bertz CT molecular complexity index is 240. The summed E-state index contributed by atoms with van der Waals surface area (Å²) in [6.07, 6.45) is 0.499. The topological polar surface area (TPSA) is 86.7 Å². The molecule has 0 bridgehead atoms. The van der Waals surface area contributed by atoms with Crippen molar-refractivity contribution in [2.24, 2.45) is 0 Å². The lowest BCUT2D eigenvalue weighted by atomic mass is 10.5. The Kier molecular flexibility index (Phi) is 10.3. The van der Waals surface area contributed by atoms with Crippen molar-refractivity contribution in [3.63, 3.8) is 0 Å². The molecule has 0 heterocycles. The molecule has 0 saturated carbocycles. The number of hydrogen-bond acceptors (Lipinski definition) is 6. The molecule has 0 aromatic heterocycles. The Balaban J connectivity index is 0. The summed E-state index contributed by atoms with van der Waals surface area (Å²) in [6, 6.07) is 0. The van der Waals surface area contributed by atoms with Crippen molar-refractivity contribution in [1.29, 1.82) is 0 Å². The largest absolute Gasteiger partial charge is 0.393 e. The summed E-state index contributed by atoms with van der Waals surface area (Å²) in [6.45, 7) is 5.66. The second kappa shape index (κ2) is 9.82. The Morgan fingerprint density at radius 2 is 1.00 bits per heavy atom. The van der Waals surface area contributed by atoms with Crippen LogP contribution in [-0.2, 0) is 28.7 Å². The molecule has 0 amide bonds. The molecule has 16 heavy (non-hydrogen) atoms. The van der Waals surface area contributed by atoms with Crippen LogP contribution < -0.4 is 0 Å². The molecule has 0 fully saturated rings. The molecule has 0 atom stereocenters. The molecular weight excluding hydrogens is 216 g/mol. The van der Waals surface area contributed by atoms with Gasteiger partial charge in [0.2, 0.25) is 0 Å². The molecular formula is C10H16O6. The first-order chi connectivity index (χ1) is 7.33. The van der Waals surface area contributed by atoms with Gasteiger partial charge in [0.1, 0.15) is 0 Å².